The average molecular weight is 645 g/mol. The maximum Gasteiger partial charge on any atom is 0.310 e. The van der Waals surface area contributed by atoms with Gasteiger partial charge in [0.25, 0.3) is 0 Å². The molecule has 0 N–H and O–H groups in total. The maximum atomic E-state index is 13.0. The minimum Gasteiger partial charge on any atom is -0.462 e. The fraction of sp³-hybridized carbons (Fsp3) is 0.769. The highest BCUT2D eigenvalue weighted by Gasteiger charge is 2.59. The Hall–Kier alpha value is -1.19. The highest BCUT2D eigenvalue weighted by molar-refractivity contribution is 6.18. The van der Waals surface area contributed by atoms with Gasteiger partial charge in [0.1, 0.15) is 6.10 Å². The first kappa shape index (κ1) is 34.2. The molecule has 5 heteroatoms. The number of fused-ring (bicyclic) bond motifs is 5. The van der Waals surface area contributed by atoms with E-state index in [9.17, 15) is 4.79 Å². The Morgan fingerprint density at radius 3 is 2.36 bits per heavy atom. The average Bonchev–Trinajstić information content (AvgIpc) is 3.35. The summed E-state index contributed by atoms with van der Waals surface area (Å²) in [6, 6.07) is 8.19. The molecule has 1 unspecified atom stereocenters. The Morgan fingerprint density at radius 2 is 1.68 bits per heavy atom. The molecular formula is C39H59Cl2NO2. The van der Waals surface area contributed by atoms with Gasteiger partial charge < -0.3 is 9.64 Å². The van der Waals surface area contributed by atoms with Gasteiger partial charge >= 0.3 is 5.97 Å². The zero-order valence-electron chi connectivity index (χ0n) is 28.3. The van der Waals surface area contributed by atoms with Crippen molar-refractivity contribution < 1.29 is 9.53 Å². The number of halogens is 2. The smallest absolute Gasteiger partial charge is 0.310 e. The van der Waals surface area contributed by atoms with Crippen LogP contribution in [0.25, 0.3) is 0 Å². The number of esters is 1. The second kappa shape index (κ2) is 14.7. The minimum absolute atomic E-state index is 0.0111. The van der Waals surface area contributed by atoms with E-state index in [1.54, 1.807) is 5.57 Å². The van der Waals surface area contributed by atoms with E-state index in [1.807, 2.05) is 12.1 Å². The number of carbonyl (C=O) groups is 1. The van der Waals surface area contributed by atoms with Crippen molar-refractivity contribution in [1.29, 1.82) is 0 Å². The van der Waals surface area contributed by atoms with E-state index in [0.29, 0.717) is 23.6 Å². The molecule has 0 aromatic heterocycles. The van der Waals surface area contributed by atoms with Crippen molar-refractivity contribution in [3.05, 3.63) is 41.5 Å². The zero-order valence-corrected chi connectivity index (χ0v) is 29.8. The highest BCUT2D eigenvalue weighted by atomic mass is 35.5. The zero-order chi connectivity index (χ0) is 31.5. The van der Waals surface area contributed by atoms with E-state index < -0.39 is 0 Å². The summed E-state index contributed by atoms with van der Waals surface area (Å²) in [6.07, 6.45) is 17.1. The van der Waals surface area contributed by atoms with Crippen LogP contribution in [0.5, 0.6) is 0 Å². The van der Waals surface area contributed by atoms with Gasteiger partial charge in [-0.3, -0.25) is 4.79 Å². The van der Waals surface area contributed by atoms with Gasteiger partial charge in [0.15, 0.2) is 0 Å². The predicted molar refractivity (Wildman–Crippen MR) is 187 cm³/mol. The van der Waals surface area contributed by atoms with E-state index in [2.05, 4.69) is 57.7 Å². The number of hydrogen-bond donors (Lipinski definition) is 0. The lowest BCUT2D eigenvalue weighted by atomic mass is 9.47. The van der Waals surface area contributed by atoms with Gasteiger partial charge in [-0.2, -0.15) is 0 Å². The number of benzene rings is 1. The van der Waals surface area contributed by atoms with Crippen LogP contribution in [0, 0.1) is 46.3 Å². The van der Waals surface area contributed by atoms with Crippen molar-refractivity contribution in [1.82, 2.24) is 0 Å². The summed E-state index contributed by atoms with van der Waals surface area (Å²) in [5.41, 5.74) is 4.47. The number of carbonyl (C=O) groups excluding carboxylic acids is 1. The van der Waals surface area contributed by atoms with Crippen molar-refractivity contribution in [2.45, 2.75) is 118 Å². The predicted octanol–water partition coefficient (Wildman–Crippen LogP) is 10.5. The van der Waals surface area contributed by atoms with E-state index >= 15 is 0 Å². The Kier molecular flexibility index (Phi) is 11.4. The third-order valence-electron chi connectivity index (χ3n) is 12.9. The molecule has 0 spiro atoms. The monoisotopic (exact) mass is 643 g/mol. The third-order valence-corrected chi connectivity index (χ3v) is 13.3. The number of nitrogens with zero attached hydrogens (tertiary/aromatic N) is 1. The summed E-state index contributed by atoms with van der Waals surface area (Å²) in [5.74, 6) is 6.10. The molecule has 0 bridgehead atoms. The van der Waals surface area contributed by atoms with Crippen molar-refractivity contribution in [3.8, 4) is 0 Å². The Morgan fingerprint density at radius 1 is 0.955 bits per heavy atom. The fourth-order valence-corrected chi connectivity index (χ4v) is 11.0. The minimum atomic E-state index is -0.105. The number of ether oxygens (including phenoxy) is 1. The number of anilines is 1. The van der Waals surface area contributed by atoms with E-state index in [0.717, 1.165) is 79.1 Å². The summed E-state index contributed by atoms with van der Waals surface area (Å²) in [4.78, 5) is 15.2. The lowest BCUT2D eigenvalue weighted by Gasteiger charge is -2.58. The number of rotatable bonds is 13. The van der Waals surface area contributed by atoms with Gasteiger partial charge in [-0.1, -0.05) is 77.7 Å². The van der Waals surface area contributed by atoms with Crippen LogP contribution >= 0.6 is 23.2 Å². The summed E-state index contributed by atoms with van der Waals surface area (Å²) < 4.78 is 6.13. The van der Waals surface area contributed by atoms with Crippen LogP contribution in [0.4, 0.5) is 5.69 Å². The molecular weight excluding hydrogens is 585 g/mol. The molecule has 4 aliphatic carbocycles. The normalized spacial score (nSPS) is 33.6. The lowest BCUT2D eigenvalue weighted by molar-refractivity contribution is -0.150. The summed E-state index contributed by atoms with van der Waals surface area (Å²) in [7, 11) is 0. The van der Waals surface area contributed by atoms with Crippen molar-refractivity contribution in [2.75, 3.05) is 29.7 Å². The van der Waals surface area contributed by atoms with Crippen LogP contribution in [-0.4, -0.2) is 36.9 Å². The standard InChI is InChI=1S/C39H59Cl2NO2/c1-27(2)7-6-8-28(3)34-15-16-35-33-14-11-30-26-32(17-19-38(30,4)36(33)18-20-39(34,35)5)44-37(43)25-29-9-12-31(13-10-29)42(23-21-40)24-22-41/h9-13,27-28,32-36H,6-8,14-26H2,1-5H3/t28?,32-,33-,34+,35-,36-,38-,39+/m0/s1. The van der Waals surface area contributed by atoms with Gasteiger partial charge in [0, 0.05) is 37.0 Å². The first-order valence-corrected chi connectivity index (χ1v) is 19.0. The van der Waals surface area contributed by atoms with E-state index in [4.69, 9.17) is 27.9 Å². The molecule has 0 saturated heterocycles. The fourth-order valence-electron chi connectivity index (χ4n) is 10.5. The molecule has 0 radical (unpaired) electrons. The Labute approximate surface area is 278 Å². The van der Waals surface area contributed by atoms with Crippen LogP contribution in [0.3, 0.4) is 0 Å². The van der Waals surface area contributed by atoms with Crippen LogP contribution in [-0.2, 0) is 16.0 Å². The first-order valence-electron chi connectivity index (χ1n) is 17.9. The molecule has 3 fully saturated rings. The molecule has 4 aliphatic rings. The van der Waals surface area contributed by atoms with Crippen LogP contribution in [0.15, 0.2) is 35.9 Å². The molecule has 0 heterocycles. The second-order valence-corrected chi connectivity index (χ2v) is 16.6. The first-order chi connectivity index (χ1) is 21.1. The third kappa shape index (κ3) is 7.20. The molecule has 5 rings (SSSR count). The molecule has 0 aliphatic heterocycles. The quantitative estimate of drug-likeness (QED) is 0.122. The number of hydrogen-bond acceptors (Lipinski definition) is 3. The second-order valence-electron chi connectivity index (χ2n) is 15.9. The lowest BCUT2D eigenvalue weighted by Crippen LogP contribution is -2.51. The summed E-state index contributed by atoms with van der Waals surface area (Å²) in [5, 5.41) is 0. The van der Waals surface area contributed by atoms with Crippen molar-refractivity contribution >= 4 is 34.9 Å². The summed E-state index contributed by atoms with van der Waals surface area (Å²) >= 11 is 11.9. The molecule has 8 atom stereocenters. The molecule has 1 aromatic carbocycles. The van der Waals surface area contributed by atoms with Crippen molar-refractivity contribution in [2.24, 2.45) is 46.3 Å². The number of allylic oxidation sites excluding steroid dienone is 1. The molecule has 3 saturated carbocycles. The molecule has 246 valence electrons. The highest BCUT2D eigenvalue weighted by Crippen LogP contribution is 2.67. The molecule has 0 amide bonds. The van der Waals surface area contributed by atoms with Crippen LogP contribution < -0.4 is 4.90 Å². The summed E-state index contributed by atoms with van der Waals surface area (Å²) in [6.45, 7) is 14.1. The topological polar surface area (TPSA) is 29.5 Å². The van der Waals surface area contributed by atoms with Gasteiger partial charge in [0.2, 0.25) is 0 Å². The van der Waals surface area contributed by atoms with Gasteiger partial charge in [-0.15, -0.1) is 23.2 Å². The Balaban J connectivity index is 1.17. The van der Waals surface area contributed by atoms with Gasteiger partial charge in [-0.25, -0.2) is 0 Å². The Bertz CT molecular complexity index is 1130. The SMILES string of the molecule is CC(C)CCCC(C)[C@H]1CC[C@H]2[C@@H]3CC=C4C[C@@H](OC(=O)Cc5ccc(N(CCCl)CCCl)cc5)CC[C@]4(C)[C@H]3CC[C@]12C. The van der Waals surface area contributed by atoms with E-state index in [-0.39, 0.29) is 17.5 Å². The van der Waals surface area contributed by atoms with Crippen LogP contribution in [0.2, 0.25) is 0 Å². The van der Waals surface area contributed by atoms with E-state index in [1.165, 1.54) is 51.4 Å². The maximum absolute atomic E-state index is 13.0. The molecule has 3 nitrogen and oxygen atoms in total. The molecule has 44 heavy (non-hydrogen) atoms. The van der Waals surface area contributed by atoms with Crippen LogP contribution in [0.1, 0.15) is 111 Å². The number of alkyl halides is 2. The largest absolute Gasteiger partial charge is 0.462 e. The van der Waals surface area contributed by atoms with Gasteiger partial charge in [-0.05, 0) is 109 Å². The van der Waals surface area contributed by atoms with Crippen molar-refractivity contribution in [3.63, 3.8) is 0 Å². The van der Waals surface area contributed by atoms with Gasteiger partial charge in [0.05, 0.1) is 6.42 Å². The molecule has 1 aromatic rings.